The van der Waals surface area contributed by atoms with Crippen LogP contribution < -0.4 is 10.2 Å². The number of halogens is 1. The molecule has 3 aromatic rings. The quantitative estimate of drug-likeness (QED) is 0.519. The molecule has 0 saturated carbocycles. The van der Waals surface area contributed by atoms with E-state index in [1.54, 1.807) is 7.11 Å². The minimum Gasteiger partial charge on any atom is -0.497 e. The molecule has 0 aromatic heterocycles. The highest BCUT2D eigenvalue weighted by Gasteiger charge is 2.02. The SMILES string of the molecule is COc1ccc2cc(/C(C)=N\Nc3ccc(Cl)cc3)ccc2c1. The fraction of sp³-hybridized carbons (Fsp3) is 0.105. The van der Waals surface area contributed by atoms with Gasteiger partial charge in [0.2, 0.25) is 0 Å². The van der Waals surface area contributed by atoms with E-state index < -0.39 is 0 Å². The van der Waals surface area contributed by atoms with Crippen molar-refractivity contribution in [1.29, 1.82) is 0 Å². The first kappa shape index (κ1) is 15.4. The summed E-state index contributed by atoms with van der Waals surface area (Å²) in [6.45, 7) is 1.98. The second-order valence-electron chi connectivity index (χ2n) is 5.24. The van der Waals surface area contributed by atoms with Gasteiger partial charge in [-0.3, -0.25) is 5.43 Å². The third kappa shape index (κ3) is 3.63. The van der Waals surface area contributed by atoms with Gasteiger partial charge in [0.1, 0.15) is 5.75 Å². The molecule has 0 amide bonds. The topological polar surface area (TPSA) is 33.6 Å². The smallest absolute Gasteiger partial charge is 0.119 e. The number of hydrazone groups is 1. The Morgan fingerprint density at radius 3 is 2.39 bits per heavy atom. The number of methoxy groups -OCH3 is 1. The molecule has 0 fully saturated rings. The number of hydrogen-bond donors (Lipinski definition) is 1. The van der Waals surface area contributed by atoms with Crippen LogP contribution in [0.5, 0.6) is 5.75 Å². The zero-order chi connectivity index (χ0) is 16.2. The van der Waals surface area contributed by atoms with Crippen molar-refractivity contribution in [1.82, 2.24) is 0 Å². The van der Waals surface area contributed by atoms with Gasteiger partial charge in [-0.15, -0.1) is 0 Å². The van der Waals surface area contributed by atoms with Gasteiger partial charge in [0.15, 0.2) is 0 Å². The predicted molar refractivity (Wildman–Crippen MR) is 97.8 cm³/mol. The Hall–Kier alpha value is -2.52. The van der Waals surface area contributed by atoms with E-state index in [9.17, 15) is 0 Å². The molecular formula is C19H17ClN2O. The van der Waals surface area contributed by atoms with E-state index in [2.05, 4.69) is 34.8 Å². The van der Waals surface area contributed by atoms with Crippen LogP contribution in [0.2, 0.25) is 5.02 Å². The van der Waals surface area contributed by atoms with Crippen LogP contribution in [0, 0.1) is 0 Å². The van der Waals surface area contributed by atoms with Crippen LogP contribution in [0.15, 0.2) is 65.8 Å². The normalized spacial score (nSPS) is 11.5. The Balaban J connectivity index is 1.83. The van der Waals surface area contributed by atoms with Crippen LogP contribution in [0.25, 0.3) is 10.8 Å². The first-order chi connectivity index (χ1) is 11.2. The molecule has 0 atom stereocenters. The first-order valence-electron chi connectivity index (χ1n) is 7.30. The Morgan fingerprint density at radius 1 is 0.957 bits per heavy atom. The van der Waals surface area contributed by atoms with Gasteiger partial charge in [0, 0.05) is 5.02 Å². The van der Waals surface area contributed by atoms with Crippen molar-refractivity contribution in [3.05, 3.63) is 71.2 Å². The van der Waals surface area contributed by atoms with Crippen molar-refractivity contribution < 1.29 is 4.74 Å². The van der Waals surface area contributed by atoms with Crippen LogP contribution in [0.1, 0.15) is 12.5 Å². The Bertz CT molecular complexity index is 857. The Kier molecular flexibility index (Phi) is 4.49. The lowest BCUT2D eigenvalue weighted by Gasteiger charge is -2.07. The highest BCUT2D eigenvalue weighted by molar-refractivity contribution is 6.30. The van der Waals surface area contributed by atoms with E-state index in [1.807, 2.05) is 43.3 Å². The van der Waals surface area contributed by atoms with Crippen molar-refractivity contribution in [2.45, 2.75) is 6.92 Å². The second-order valence-corrected chi connectivity index (χ2v) is 5.68. The second kappa shape index (κ2) is 6.71. The fourth-order valence-corrected chi connectivity index (χ4v) is 2.44. The minimum absolute atomic E-state index is 0.709. The van der Waals surface area contributed by atoms with Crippen LogP contribution in [-0.4, -0.2) is 12.8 Å². The Morgan fingerprint density at radius 2 is 1.65 bits per heavy atom. The summed E-state index contributed by atoms with van der Waals surface area (Å²) in [5.41, 5.74) is 5.94. The van der Waals surface area contributed by atoms with E-state index >= 15 is 0 Å². The molecule has 4 heteroatoms. The summed E-state index contributed by atoms with van der Waals surface area (Å²) in [6.07, 6.45) is 0. The Labute approximate surface area is 140 Å². The molecule has 0 unspecified atom stereocenters. The third-order valence-electron chi connectivity index (χ3n) is 3.66. The highest BCUT2D eigenvalue weighted by Crippen LogP contribution is 2.22. The van der Waals surface area contributed by atoms with Crippen LogP contribution in [0.4, 0.5) is 5.69 Å². The third-order valence-corrected chi connectivity index (χ3v) is 3.91. The summed E-state index contributed by atoms with van der Waals surface area (Å²) in [6, 6.07) is 19.8. The molecule has 3 nitrogen and oxygen atoms in total. The van der Waals surface area contributed by atoms with Crippen molar-refractivity contribution in [3.63, 3.8) is 0 Å². The number of ether oxygens (including phenoxy) is 1. The number of nitrogens with zero attached hydrogens (tertiary/aromatic N) is 1. The molecule has 0 heterocycles. The lowest BCUT2D eigenvalue weighted by Crippen LogP contribution is -1.99. The lowest BCUT2D eigenvalue weighted by atomic mass is 10.0. The summed E-state index contributed by atoms with van der Waals surface area (Å²) < 4.78 is 5.25. The maximum absolute atomic E-state index is 5.87. The number of nitrogens with one attached hydrogen (secondary N) is 1. The molecule has 0 radical (unpaired) electrons. The van der Waals surface area contributed by atoms with E-state index in [4.69, 9.17) is 16.3 Å². The van der Waals surface area contributed by atoms with Crippen LogP contribution in [-0.2, 0) is 0 Å². The molecule has 1 N–H and O–H groups in total. The van der Waals surface area contributed by atoms with Gasteiger partial charge >= 0.3 is 0 Å². The molecule has 23 heavy (non-hydrogen) atoms. The summed E-state index contributed by atoms with van der Waals surface area (Å²) in [5, 5.41) is 7.44. The monoisotopic (exact) mass is 324 g/mol. The summed E-state index contributed by atoms with van der Waals surface area (Å²) in [4.78, 5) is 0. The number of anilines is 1. The van der Waals surface area contributed by atoms with Crippen molar-refractivity contribution in [3.8, 4) is 5.75 Å². The molecule has 3 aromatic carbocycles. The van der Waals surface area contributed by atoms with Crippen LogP contribution in [0.3, 0.4) is 0 Å². The van der Waals surface area contributed by atoms with Gasteiger partial charge in [0.05, 0.1) is 18.5 Å². The van der Waals surface area contributed by atoms with E-state index in [-0.39, 0.29) is 0 Å². The average molecular weight is 325 g/mol. The zero-order valence-corrected chi connectivity index (χ0v) is 13.8. The molecule has 0 aliphatic rings. The van der Waals surface area contributed by atoms with E-state index in [0.717, 1.165) is 33.5 Å². The van der Waals surface area contributed by atoms with Gasteiger partial charge in [-0.2, -0.15) is 5.10 Å². The zero-order valence-electron chi connectivity index (χ0n) is 13.0. The van der Waals surface area contributed by atoms with E-state index in [1.165, 1.54) is 0 Å². The fourth-order valence-electron chi connectivity index (χ4n) is 2.31. The largest absolute Gasteiger partial charge is 0.497 e. The maximum atomic E-state index is 5.87. The number of hydrogen-bond acceptors (Lipinski definition) is 3. The number of rotatable bonds is 4. The van der Waals surface area contributed by atoms with Crippen LogP contribution >= 0.6 is 11.6 Å². The molecule has 116 valence electrons. The molecule has 0 spiro atoms. The van der Waals surface area contributed by atoms with Crippen molar-refractivity contribution in [2.75, 3.05) is 12.5 Å². The average Bonchev–Trinajstić information content (AvgIpc) is 2.60. The van der Waals surface area contributed by atoms with Gasteiger partial charge in [-0.1, -0.05) is 29.8 Å². The minimum atomic E-state index is 0.709. The maximum Gasteiger partial charge on any atom is 0.119 e. The highest BCUT2D eigenvalue weighted by atomic mass is 35.5. The molecule has 0 aliphatic heterocycles. The predicted octanol–water partition coefficient (Wildman–Crippen LogP) is 5.34. The lowest BCUT2D eigenvalue weighted by molar-refractivity contribution is 0.415. The van der Waals surface area contributed by atoms with Gasteiger partial charge in [-0.05, 0) is 65.7 Å². The van der Waals surface area contributed by atoms with Crippen molar-refractivity contribution >= 4 is 33.8 Å². The standard InChI is InChI=1S/C19H17ClN2O/c1-13(21-22-18-8-6-17(20)7-9-18)14-3-4-16-12-19(23-2)10-5-15(16)11-14/h3-12,22H,1-2H3/b21-13-. The molecule has 0 aliphatic carbocycles. The summed E-state index contributed by atoms with van der Waals surface area (Å²) >= 11 is 5.87. The van der Waals surface area contributed by atoms with E-state index in [0.29, 0.717) is 5.02 Å². The van der Waals surface area contributed by atoms with Crippen molar-refractivity contribution in [2.24, 2.45) is 5.10 Å². The van der Waals surface area contributed by atoms with Gasteiger partial charge in [-0.25, -0.2) is 0 Å². The molecule has 3 rings (SSSR count). The summed E-state index contributed by atoms with van der Waals surface area (Å²) in [7, 11) is 1.68. The van der Waals surface area contributed by atoms with Gasteiger partial charge < -0.3 is 4.74 Å². The first-order valence-corrected chi connectivity index (χ1v) is 7.67. The van der Waals surface area contributed by atoms with Gasteiger partial charge in [0.25, 0.3) is 0 Å². The molecular weight excluding hydrogens is 308 g/mol. The molecule has 0 saturated heterocycles. The number of fused-ring (bicyclic) bond motifs is 1. The number of benzene rings is 3. The summed E-state index contributed by atoms with van der Waals surface area (Å²) in [5.74, 6) is 0.861. The molecule has 0 bridgehead atoms.